The Bertz CT molecular complexity index is 988. The van der Waals surface area contributed by atoms with Crippen LogP contribution in [0, 0.1) is 11.6 Å². The van der Waals surface area contributed by atoms with Crippen LogP contribution in [0.3, 0.4) is 0 Å². The monoisotopic (exact) mass is 486 g/mol. The number of benzene rings is 2. The lowest BCUT2D eigenvalue weighted by molar-refractivity contribution is -0.132. The highest BCUT2D eigenvalue weighted by Crippen LogP contribution is 2.20. The fourth-order valence-corrected chi connectivity index (χ4v) is 2.93. The largest absolute Gasteiger partial charge is 0.484 e. The van der Waals surface area contributed by atoms with Crippen molar-refractivity contribution >= 4 is 35.0 Å². The van der Waals surface area contributed by atoms with E-state index in [4.69, 9.17) is 27.9 Å². The lowest BCUT2D eigenvalue weighted by atomic mass is 10.1. The summed E-state index contributed by atoms with van der Waals surface area (Å²) in [4.78, 5) is 25.9. The van der Waals surface area contributed by atoms with Crippen molar-refractivity contribution in [1.82, 2.24) is 10.2 Å². The van der Waals surface area contributed by atoms with Crippen molar-refractivity contribution < 1.29 is 28.2 Å². The minimum Gasteiger partial charge on any atom is -0.484 e. The van der Waals surface area contributed by atoms with E-state index in [0.29, 0.717) is 5.56 Å². The van der Waals surface area contributed by atoms with Crippen molar-refractivity contribution in [2.45, 2.75) is 19.4 Å². The van der Waals surface area contributed by atoms with Gasteiger partial charge in [-0.15, -0.1) is 0 Å². The molecule has 2 aromatic carbocycles. The maximum atomic E-state index is 13.6. The highest BCUT2D eigenvalue weighted by molar-refractivity contribution is 6.31. The van der Waals surface area contributed by atoms with E-state index in [1.54, 1.807) is 6.07 Å². The number of nitrogens with one attached hydrogen (secondary N) is 1. The summed E-state index contributed by atoms with van der Waals surface area (Å²) < 4.78 is 32.2. The zero-order chi connectivity index (χ0) is 23.7. The van der Waals surface area contributed by atoms with Crippen molar-refractivity contribution in [3.63, 3.8) is 0 Å². The van der Waals surface area contributed by atoms with Gasteiger partial charge in [-0.2, -0.15) is 0 Å². The van der Waals surface area contributed by atoms with Crippen LogP contribution in [0.2, 0.25) is 10.0 Å². The number of allylic oxidation sites excluding steroid dienone is 1. The predicted octanol–water partition coefficient (Wildman–Crippen LogP) is 4.08. The number of carbonyl (C=O) groups is 2. The molecule has 0 aromatic heterocycles. The molecule has 0 atom stereocenters. The molecule has 172 valence electrons. The topological polar surface area (TPSA) is 78.9 Å². The van der Waals surface area contributed by atoms with Crippen LogP contribution in [0.5, 0.6) is 5.75 Å². The lowest BCUT2D eigenvalue weighted by Crippen LogP contribution is -2.34. The van der Waals surface area contributed by atoms with Crippen molar-refractivity contribution in [2.24, 2.45) is 0 Å². The summed E-state index contributed by atoms with van der Waals surface area (Å²) in [6.07, 6.45) is 0.162. The van der Waals surface area contributed by atoms with Gasteiger partial charge < -0.3 is 20.1 Å². The predicted molar refractivity (Wildman–Crippen MR) is 117 cm³/mol. The van der Waals surface area contributed by atoms with Gasteiger partial charge in [-0.1, -0.05) is 35.8 Å². The van der Waals surface area contributed by atoms with Crippen molar-refractivity contribution in [2.75, 3.05) is 19.8 Å². The standard InChI is InChI=1S/C22H22Cl2F2N2O4/c1-14(27-21(30)13-32-16-4-6-18(24)20(26)11-16)2-7-22(31)28(8-9-29)12-15-3-5-17(23)19(25)10-15/h3-6,10-11,29H,1-2,7-9,12-13H2,(H,27,30). The van der Waals surface area contributed by atoms with E-state index >= 15 is 0 Å². The Labute approximate surface area is 194 Å². The van der Waals surface area contributed by atoms with Crippen molar-refractivity contribution in [3.8, 4) is 5.75 Å². The molecular formula is C22H22Cl2F2N2O4. The van der Waals surface area contributed by atoms with Gasteiger partial charge >= 0.3 is 0 Å². The Kier molecular flexibility index (Phi) is 9.90. The number of halogens is 4. The number of carbonyl (C=O) groups excluding carboxylic acids is 2. The van der Waals surface area contributed by atoms with Gasteiger partial charge in [-0.25, -0.2) is 8.78 Å². The van der Waals surface area contributed by atoms with E-state index < -0.39 is 17.5 Å². The smallest absolute Gasteiger partial charge is 0.262 e. The molecule has 6 nitrogen and oxygen atoms in total. The molecule has 2 aromatic rings. The molecule has 2 N–H and O–H groups in total. The number of ether oxygens (including phenoxy) is 1. The Morgan fingerprint density at radius 1 is 1.06 bits per heavy atom. The molecule has 0 aliphatic heterocycles. The Balaban J connectivity index is 1.81. The lowest BCUT2D eigenvalue weighted by Gasteiger charge is -2.22. The minimum absolute atomic E-state index is 0.0123. The number of amides is 2. The number of hydrogen-bond acceptors (Lipinski definition) is 4. The van der Waals surface area contributed by atoms with Crippen LogP contribution >= 0.6 is 23.2 Å². The highest BCUT2D eigenvalue weighted by atomic mass is 35.5. The van der Waals surface area contributed by atoms with Crippen LogP contribution in [-0.2, 0) is 16.1 Å². The number of aliphatic hydroxyl groups is 1. The van der Waals surface area contributed by atoms with Gasteiger partial charge in [0.05, 0.1) is 16.7 Å². The summed E-state index contributed by atoms with van der Waals surface area (Å²) in [6, 6.07) is 8.01. The quantitative estimate of drug-likeness (QED) is 0.501. The molecule has 32 heavy (non-hydrogen) atoms. The molecule has 0 heterocycles. The Morgan fingerprint density at radius 2 is 1.72 bits per heavy atom. The van der Waals surface area contributed by atoms with E-state index in [1.165, 1.54) is 29.2 Å². The zero-order valence-electron chi connectivity index (χ0n) is 17.0. The first-order valence-corrected chi connectivity index (χ1v) is 10.3. The molecule has 0 aliphatic carbocycles. The first kappa shape index (κ1) is 25.6. The van der Waals surface area contributed by atoms with E-state index in [1.807, 2.05) is 0 Å². The summed E-state index contributed by atoms with van der Waals surface area (Å²) in [7, 11) is 0. The van der Waals surface area contributed by atoms with Gasteiger partial charge in [0.2, 0.25) is 5.91 Å². The second-order valence-corrected chi connectivity index (χ2v) is 7.62. The first-order valence-electron chi connectivity index (χ1n) is 9.57. The van der Waals surface area contributed by atoms with Crippen molar-refractivity contribution in [1.29, 1.82) is 0 Å². The van der Waals surface area contributed by atoms with E-state index in [9.17, 15) is 23.5 Å². The third-order valence-corrected chi connectivity index (χ3v) is 4.91. The van der Waals surface area contributed by atoms with Crippen LogP contribution in [0.15, 0.2) is 48.7 Å². The number of rotatable bonds is 11. The molecule has 0 saturated heterocycles. The number of aliphatic hydroxyl groups excluding tert-OH is 1. The van der Waals surface area contributed by atoms with Crippen LogP contribution in [0.25, 0.3) is 0 Å². The molecular weight excluding hydrogens is 465 g/mol. The summed E-state index contributed by atoms with van der Waals surface area (Å²) >= 11 is 11.3. The average molecular weight is 487 g/mol. The fourth-order valence-electron chi connectivity index (χ4n) is 2.70. The van der Waals surface area contributed by atoms with Gasteiger partial charge in [0.1, 0.15) is 17.4 Å². The van der Waals surface area contributed by atoms with Crippen LogP contribution in [0.1, 0.15) is 18.4 Å². The summed E-state index contributed by atoms with van der Waals surface area (Å²) in [6.45, 7) is 3.22. The molecule has 0 radical (unpaired) electrons. The molecule has 0 bridgehead atoms. The number of hydrogen-bond donors (Lipinski definition) is 2. The second kappa shape index (κ2) is 12.4. The zero-order valence-corrected chi connectivity index (χ0v) is 18.6. The molecule has 2 amide bonds. The second-order valence-electron chi connectivity index (χ2n) is 6.80. The van der Waals surface area contributed by atoms with Gasteiger partial charge in [0.25, 0.3) is 5.91 Å². The maximum Gasteiger partial charge on any atom is 0.262 e. The SMILES string of the molecule is C=C(CCC(=O)N(CCO)Cc1ccc(Cl)c(F)c1)NC(=O)COc1ccc(Cl)c(F)c1. The minimum atomic E-state index is -0.665. The van der Waals surface area contributed by atoms with Crippen molar-refractivity contribution in [3.05, 3.63) is 75.9 Å². The van der Waals surface area contributed by atoms with E-state index in [0.717, 1.165) is 6.07 Å². The first-order chi connectivity index (χ1) is 15.2. The average Bonchev–Trinajstić information content (AvgIpc) is 2.75. The van der Waals surface area contributed by atoms with E-state index in [-0.39, 0.29) is 66.5 Å². The maximum absolute atomic E-state index is 13.6. The van der Waals surface area contributed by atoms with Gasteiger partial charge in [0, 0.05) is 31.3 Å². The fraction of sp³-hybridized carbons (Fsp3) is 0.273. The van der Waals surface area contributed by atoms with Crippen LogP contribution in [-0.4, -0.2) is 41.6 Å². The van der Waals surface area contributed by atoms with Gasteiger partial charge in [-0.05, 0) is 36.2 Å². The molecule has 0 aliphatic rings. The highest BCUT2D eigenvalue weighted by Gasteiger charge is 2.15. The normalized spacial score (nSPS) is 10.5. The summed E-state index contributed by atoms with van der Waals surface area (Å²) in [5.74, 6) is -1.96. The molecule has 0 unspecified atom stereocenters. The van der Waals surface area contributed by atoms with Crippen LogP contribution in [0.4, 0.5) is 8.78 Å². The third-order valence-electron chi connectivity index (χ3n) is 4.30. The molecule has 0 fully saturated rings. The van der Waals surface area contributed by atoms with E-state index in [2.05, 4.69) is 11.9 Å². The Morgan fingerprint density at radius 3 is 2.34 bits per heavy atom. The summed E-state index contributed by atoms with van der Waals surface area (Å²) in [5, 5.41) is 11.7. The number of nitrogens with zero attached hydrogens (tertiary/aromatic N) is 1. The van der Waals surface area contributed by atoms with Gasteiger partial charge in [0.15, 0.2) is 6.61 Å². The summed E-state index contributed by atoms with van der Waals surface area (Å²) in [5.41, 5.74) is 0.812. The molecule has 0 saturated carbocycles. The van der Waals surface area contributed by atoms with Gasteiger partial charge in [-0.3, -0.25) is 9.59 Å². The Hall–Kier alpha value is -2.68. The molecule has 2 rings (SSSR count). The molecule has 0 spiro atoms. The van der Waals surface area contributed by atoms with Crippen LogP contribution < -0.4 is 10.1 Å². The molecule has 10 heteroatoms. The third kappa shape index (κ3) is 8.11.